The number of alkyl halides is 1. The van der Waals surface area contributed by atoms with Crippen molar-refractivity contribution in [3.63, 3.8) is 0 Å². The van der Waals surface area contributed by atoms with Gasteiger partial charge in [0.2, 0.25) is 0 Å². The summed E-state index contributed by atoms with van der Waals surface area (Å²) in [6.45, 7) is 0. The van der Waals surface area contributed by atoms with Crippen molar-refractivity contribution in [3.05, 3.63) is 29.1 Å². The Morgan fingerprint density at radius 1 is 1.47 bits per heavy atom. The number of rotatable bonds is 3. The first-order valence-corrected chi connectivity index (χ1v) is 4.68. The van der Waals surface area contributed by atoms with E-state index >= 15 is 0 Å². The standard InChI is InChI=1S/C10H10ClFO3/c1-14-9-6(5-11)3-7(12)4-8(9)10(13)15-2/h3-4H,5H2,1-2H3. The van der Waals surface area contributed by atoms with Crippen LogP contribution in [-0.2, 0) is 10.6 Å². The molecule has 0 heterocycles. The molecule has 0 fully saturated rings. The Hall–Kier alpha value is -1.29. The summed E-state index contributed by atoms with van der Waals surface area (Å²) < 4.78 is 22.6. The fourth-order valence-corrected chi connectivity index (χ4v) is 1.45. The average Bonchev–Trinajstić information content (AvgIpc) is 2.26. The first kappa shape index (κ1) is 11.8. The maximum Gasteiger partial charge on any atom is 0.341 e. The quantitative estimate of drug-likeness (QED) is 0.593. The molecule has 0 aliphatic rings. The summed E-state index contributed by atoms with van der Waals surface area (Å²) in [4.78, 5) is 11.3. The predicted molar refractivity (Wildman–Crippen MR) is 53.8 cm³/mol. The molecule has 0 unspecified atom stereocenters. The molecule has 0 saturated carbocycles. The van der Waals surface area contributed by atoms with E-state index in [0.717, 1.165) is 6.07 Å². The lowest BCUT2D eigenvalue weighted by Crippen LogP contribution is -2.06. The molecule has 3 nitrogen and oxygen atoms in total. The first-order chi connectivity index (χ1) is 7.13. The van der Waals surface area contributed by atoms with Crippen molar-refractivity contribution in [1.29, 1.82) is 0 Å². The summed E-state index contributed by atoms with van der Waals surface area (Å²) in [5.41, 5.74) is 0.454. The number of esters is 1. The Labute approximate surface area is 91.7 Å². The highest BCUT2D eigenvalue weighted by molar-refractivity contribution is 6.17. The minimum Gasteiger partial charge on any atom is -0.496 e. The van der Waals surface area contributed by atoms with Crippen molar-refractivity contribution < 1.29 is 18.7 Å². The van der Waals surface area contributed by atoms with E-state index in [2.05, 4.69) is 4.74 Å². The Morgan fingerprint density at radius 3 is 2.60 bits per heavy atom. The van der Waals surface area contributed by atoms with Gasteiger partial charge < -0.3 is 9.47 Å². The lowest BCUT2D eigenvalue weighted by molar-refractivity contribution is 0.0596. The van der Waals surface area contributed by atoms with Crippen LogP contribution in [0.2, 0.25) is 0 Å². The molecule has 15 heavy (non-hydrogen) atoms. The molecule has 0 atom stereocenters. The zero-order valence-electron chi connectivity index (χ0n) is 8.34. The van der Waals surface area contributed by atoms with E-state index in [4.69, 9.17) is 16.3 Å². The van der Waals surface area contributed by atoms with E-state index in [-0.39, 0.29) is 17.2 Å². The number of hydrogen-bond donors (Lipinski definition) is 0. The van der Waals surface area contributed by atoms with Gasteiger partial charge in [0.05, 0.1) is 20.1 Å². The topological polar surface area (TPSA) is 35.5 Å². The van der Waals surface area contributed by atoms with Crippen LogP contribution in [0.3, 0.4) is 0 Å². The smallest absolute Gasteiger partial charge is 0.341 e. The van der Waals surface area contributed by atoms with E-state index in [0.29, 0.717) is 5.56 Å². The van der Waals surface area contributed by atoms with Crippen molar-refractivity contribution >= 4 is 17.6 Å². The molecule has 1 aromatic carbocycles. The molecule has 1 rings (SSSR count). The second kappa shape index (κ2) is 4.98. The van der Waals surface area contributed by atoms with Gasteiger partial charge in [0.1, 0.15) is 17.1 Å². The molecular weight excluding hydrogens is 223 g/mol. The van der Waals surface area contributed by atoms with Crippen molar-refractivity contribution in [2.75, 3.05) is 14.2 Å². The third-order valence-corrected chi connectivity index (χ3v) is 2.17. The number of carbonyl (C=O) groups excluding carboxylic acids is 1. The SMILES string of the molecule is COC(=O)c1cc(F)cc(CCl)c1OC. The van der Waals surface area contributed by atoms with Gasteiger partial charge in [0.25, 0.3) is 0 Å². The predicted octanol–water partition coefficient (Wildman–Crippen LogP) is 2.36. The summed E-state index contributed by atoms with van der Waals surface area (Å²) in [5.74, 6) is -0.895. The van der Waals surface area contributed by atoms with Gasteiger partial charge >= 0.3 is 5.97 Å². The van der Waals surface area contributed by atoms with Crippen LogP contribution in [0, 0.1) is 5.82 Å². The Kier molecular flexibility index (Phi) is 3.91. The summed E-state index contributed by atoms with van der Waals surface area (Å²) in [6, 6.07) is 2.28. The summed E-state index contributed by atoms with van der Waals surface area (Å²) in [7, 11) is 2.60. The highest BCUT2D eigenvalue weighted by atomic mass is 35.5. The molecule has 0 bridgehead atoms. The highest BCUT2D eigenvalue weighted by Gasteiger charge is 2.17. The van der Waals surface area contributed by atoms with E-state index in [1.807, 2.05) is 0 Å². The minimum absolute atomic E-state index is 0.0376. The summed E-state index contributed by atoms with van der Waals surface area (Å²) in [5, 5.41) is 0. The van der Waals surface area contributed by atoms with Crippen molar-refractivity contribution in [1.82, 2.24) is 0 Å². The maximum absolute atomic E-state index is 13.1. The third-order valence-electron chi connectivity index (χ3n) is 1.88. The Balaban J connectivity index is 3.35. The molecule has 82 valence electrons. The van der Waals surface area contributed by atoms with Crippen molar-refractivity contribution in [2.45, 2.75) is 5.88 Å². The van der Waals surface area contributed by atoms with Crippen LogP contribution in [0.5, 0.6) is 5.75 Å². The van der Waals surface area contributed by atoms with Crippen LogP contribution in [-0.4, -0.2) is 20.2 Å². The van der Waals surface area contributed by atoms with E-state index in [1.165, 1.54) is 20.3 Å². The van der Waals surface area contributed by atoms with Gasteiger partial charge in [-0.15, -0.1) is 11.6 Å². The van der Waals surface area contributed by atoms with Crippen molar-refractivity contribution in [3.8, 4) is 5.75 Å². The van der Waals surface area contributed by atoms with Crippen LogP contribution in [0.15, 0.2) is 12.1 Å². The molecule has 0 aliphatic heterocycles. The monoisotopic (exact) mass is 232 g/mol. The lowest BCUT2D eigenvalue weighted by atomic mass is 10.1. The molecular formula is C10H10ClFO3. The number of benzene rings is 1. The van der Waals surface area contributed by atoms with Gasteiger partial charge in [0, 0.05) is 5.56 Å². The molecule has 5 heteroatoms. The Morgan fingerprint density at radius 2 is 2.13 bits per heavy atom. The van der Waals surface area contributed by atoms with Crippen LogP contribution in [0.25, 0.3) is 0 Å². The lowest BCUT2D eigenvalue weighted by Gasteiger charge is -2.10. The van der Waals surface area contributed by atoms with Gasteiger partial charge in [-0.05, 0) is 12.1 Å². The van der Waals surface area contributed by atoms with E-state index in [9.17, 15) is 9.18 Å². The second-order valence-corrected chi connectivity index (χ2v) is 3.04. The van der Waals surface area contributed by atoms with Crippen LogP contribution in [0.4, 0.5) is 4.39 Å². The van der Waals surface area contributed by atoms with Gasteiger partial charge in [0.15, 0.2) is 0 Å². The molecule has 0 saturated heterocycles. The summed E-state index contributed by atoms with van der Waals surface area (Å²) >= 11 is 5.60. The number of halogens is 2. The largest absolute Gasteiger partial charge is 0.496 e. The molecule has 0 N–H and O–H groups in total. The number of carbonyl (C=O) groups is 1. The zero-order valence-corrected chi connectivity index (χ0v) is 9.10. The molecule has 0 spiro atoms. The first-order valence-electron chi connectivity index (χ1n) is 4.14. The summed E-state index contributed by atoms with van der Waals surface area (Å²) in [6.07, 6.45) is 0. The molecule has 0 amide bonds. The number of ether oxygens (including phenoxy) is 2. The molecule has 0 aromatic heterocycles. The van der Waals surface area contributed by atoms with Gasteiger partial charge in [-0.3, -0.25) is 0 Å². The van der Waals surface area contributed by atoms with Gasteiger partial charge in [-0.1, -0.05) is 0 Å². The van der Waals surface area contributed by atoms with Crippen LogP contribution in [0.1, 0.15) is 15.9 Å². The molecule has 0 aliphatic carbocycles. The highest BCUT2D eigenvalue weighted by Crippen LogP contribution is 2.27. The van der Waals surface area contributed by atoms with Gasteiger partial charge in [-0.25, -0.2) is 9.18 Å². The fraction of sp³-hybridized carbons (Fsp3) is 0.300. The van der Waals surface area contributed by atoms with E-state index < -0.39 is 11.8 Å². The second-order valence-electron chi connectivity index (χ2n) is 2.77. The average molecular weight is 233 g/mol. The van der Waals surface area contributed by atoms with Crippen molar-refractivity contribution in [2.24, 2.45) is 0 Å². The van der Waals surface area contributed by atoms with Crippen LogP contribution < -0.4 is 4.74 Å². The fourth-order valence-electron chi connectivity index (χ4n) is 1.25. The van der Waals surface area contributed by atoms with Gasteiger partial charge in [-0.2, -0.15) is 0 Å². The normalized spacial score (nSPS) is 9.87. The van der Waals surface area contributed by atoms with E-state index in [1.54, 1.807) is 0 Å². The molecule has 1 aromatic rings. The van der Waals surface area contributed by atoms with Crippen LogP contribution >= 0.6 is 11.6 Å². The third kappa shape index (κ3) is 2.39. The number of hydrogen-bond acceptors (Lipinski definition) is 3. The maximum atomic E-state index is 13.1. The number of methoxy groups -OCH3 is 2. The zero-order chi connectivity index (χ0) is 11.4. The Bertz CT molecular complexity index is 379. The molecule has 0 radical (unpaired) electrons. The minimum atomic E-state index is -0.655.